The number of rotatable bonds is 3. The summed E-state index contributed by atoms with van der Waals surface area (Å²) in [6, 6.07) is 7.76. The molecule has 0 saturated heterocycles. The van der Waals surface area contributed by atoms with Crippen molar-refractivity contribution in [2.45, 2.75) is 23.6 Å². The molecule has 0 fully saturated rings. The van der Waals surface area contributed by atoms with E-state index in [1.807, 2.05) is 0 Å². The van der Waals surface area contributed by atoms with Crippen LogP contribution in [-0.2, 0) is 14.8 Å². The second kappa shape index (κ2) is 5.89. The number of hydrogen-bond acceptors (Lipinski definition) is 3. The predicted molar refractivity (Wildman–Crippen MR) is 87.5 cm³/mol. The van der Waals surface area contributed by atoms with Crippen molar-refractivity contribution in [1.29, 1.82) is 0 Å². The standard InChI is InChI=1S/C14H12Cl3NO3S/c1-8-10(15)13(19)14(2,17)12(16)11(8)18-22(20,21)9-6-4-3-5-7-9/h3-7,18H,1-2H3/t14-/m0/s1. The number of ketones is 1. The van der Waals surface area contributed by atoms with Gasteiger partial charge >= 0.3 is 0 Å². The van der Waals surface area contributed by atoms with Gasteiger partial charge in [0.05, 0.1) is 20.7 Å². The van der Waals surface area contributed by atoms with Crippen LogP contribution < -0.4 is 4.72 Å². The molecule has 0 unspecified atom stereocenters. The van der Waals surface area contributed by atoms with E-state index in [9.17, 15) is 13.2 Å². The number of nitrogens with one attached hydrogen (secondary N) is 1. The van der Waals surface area contributed by atoms with Crippen LogP contribution in [0.3, 0.4) is 0 Å². The molecular weight excluding hydrogens is 369 g/mol. The summed E-state index contributed by atoms with van der Waals surface area (Å²) in [7, 11) is -3.87. The van der Waals surface area contributed by atoms with Gasteiger partial charge in [0.1, 0.15) is 4.87 Å². The van der Waals surface area contributed by atoms with Crippen LogP contribution in [0.15, 0.2) is 56.6 Å². The predicted octanol–water partition coefficient (Wildman–Crippen LogP) is 3.51. The Morgan fingerprint density at radius 1 is 1.14 bits per heavy atom. The molecule has 1 aliphatic carbocycles. The molecule has 8 heteroatoms. The van der Waals surface area contributed by atoms with E-state index in [0.29, 0.717) is 0 Å². The summed E-state index contributed by atoms with van der Waals surface area (Å²) in [5.74, 6) is -0.569. The van der Waals surface area contributed by atoms with E-state index in [1.54, 1.807) is 18.2 Å². The fourth-order valence-electron chi connectivity index (χ4n) is 1.90. The Bertz CT molecular complexity index is 796. The number of carbonyl (C=O) groups is 1. The topological polar surface area (TPSA) is 63.2 Å². The van der Waals surface area contributed by atoms with E-state index in [-0.39, 0.29) is 26.2 Å². The van der Waals surface area contributed by atoms with Crippen LogP contribution in [-0.4, -0.2) is 19.1 Å². The zero-order chi connectivity index (χ0) is 16.7. The minimum Gasteiger partial charge on any atom is -0.291 e. The molecule has 1 atom stereocenters. The first-order chi connectivity index (χ1) is 10.1. The first-order valence-electron chi connectivity index (χ1n) is 6.17. The molecule has 0 saturated carbocycles. The van der Waals surface area contributed by atoms with Gasteiger partial charge < -0.3 is 0 Å². The Balaban J connectivity index is 2.53. The lowest BCUT2D eigenvalue weighted by atomic mass is 9.94. The third kappa shape index (κ3) is 2.91. The summed E-state index contributed by atoms with van der Waals surface area (Å²) in [5.41, 5.74) is 0.252. The van der Waals surface area contributed by atoms with Gasteiger partial charge in [-0.2, -0.15) is 0 Å². The molecule has 0 amide bonds. The highest BCUT2D eigenvalue weighted by molar-refractivity contribution is 7.89. The van der Waals surface area contributed by atoms with Crippen molar-refractivity contribution in [2.24, 2.45) is 0 Å². The van der Waals surface area contributed by atoms with Crippen molar-refractivity contribution in [2.75, 3.05) is 0 Å². The summed E-state index contributed by atoms with van der Waals surface area (Å²) in [6.45, 7) is 2.86. The minimum atomic E-state index is -3.87. The molecule has 0 spiro atoms. The Labute approximate surface area is 143 Å². The maximum atomic E-state index is 12.4. The van der Waals surface area contributed by atoms with E-state index in [2.05, 4.69) is 4.72 Å². The van der Waals surface area contributed by atoms with Gasteiger partial charge in [-0.1, -0.05) is 41.4 Å². The fraction of sp³-hybridized carbons (Fsp3) is 0.214. The van der Waals surface area contributed by atoms with Crippen molar-refractivity contribution in [3.63, 3.8) is 0 Å². The lowest BCUT2D eigenvalue weighted by Crippen LogP contribution is -2.38. The molecule has 4 nitrogen and oxygen atoms in total. The first kappa shape index (κ1) is 17.3. The molecular formula is C14H12Cl3NO3S. The molecule has 1 aromatic rings. The highest BCUT2D eigenvalue weighted by Gasteiger charge is 2.43. The smallest absolute Gasteiger partial charge is 0.261 e. The van der Waals surface area contributed by atoms with Crippen LogP contribution in [0.1, 0.15) is 13.8 Å². The molecule has 0 radical (unpaired) electrons. The number of sulfonamides is 1. The lowest BCUT2D eigenvalue weighted by molar-refractivity contribution is -0.116. The highest BCUT2D eigenvalue weighted by atomic mass is 35.5. The minimum absolute atomic E-state index is 0.0209. The van der Waals surface area contributed by atoms with E-state index in [4.69, 9.17) is 34.8 Å². The van der Waals surface area contributed by atoms with Gasteiger partial charge in [0.15, 0.2) is 0 Å². The maximum absolute atomic E-state index is 12.4. The molecule has 1 N–H and O–H groups in total. The Hall–Kier alpha value is -1.01. The van der Waals surface area contributed by atoms with Crippen LogP contribution >= 0.6 is 34.8 Å². The summed E-state index contributed by atoms with van der Waals surface area (Å²) in [4.78, 5) is 10.5. The van der Waals surface area contributed by atoms with E-state index in [1.165, 1.54) is 26.0 Å². The average molecular weight is 381 g/mol. The molecule has 118 valence electrons. The number of alkyl halides is 1. The Kier molecular flexibility index (Phi) is 4.64. The number of hydrogen-bond donors (Lipinski definition) is 1. The Morgan fingerprint density at radius 2 is 1.68 bits per heavy atom. The van der Waals surface area contributed by atoms with Crippen molar-refractivity contribution in [1.82, 2.24) is 4.72 Å². The van der Waals surface area contributed by atoms with E-state index in [0.717, 1.165) is 0 Å². The molecule has 1 aliphatic rings. The Morgan fingerprint density at radius 3 is 2.23 bits per heavy atom. The van der Waals surface area contributed by atoms with Gasteiger partial charge in [-0.25, -0.2) is 8.42 Å². The van der Waals surface area contributed by atoms with Crippen molar-refractivity contribution >= 4 is 50.6 Å². The lowest BCUT2D eigenvalue weighted by Gasteiger charge is -2.29. The number of allylic oxidation sites excluding steroid dienone is 3. The molecule has 0 aliphatic heterocycles. The van der Waals surface area contributed by atoms with Gasteiger partial charge in [0, 0.05) is 0 Å². The number of halogens is 3. The first-order valence-corrected chi connectivity index (χ1v) is 8.79. The zero-order valence-corrected chi connectivity index (χ0v) is 14.7. The second-order valence-electron chi connectivity index (χ2n) is 4.88. The zero-order valence-electron chi connectivity index (χ0n) is 11.7. The summed E-state index contributed by atoms with van der Waals surface area (Å²) in [5, 5.41) is -0.256. The maximum Gasteiger partial charge on any atom is 0.261 e. The van der Waals surface area contributed by atoms with Gasteiger partial charge in [-0.05, 0) is 31.6 Å². The van der Waals surface area contributed by atoms with Crippen molar-refractivity contribution in [3.8, 4) is 0 Å². The highest BCUT2D eigenvalue weighted by Crippen LogP contribution is 2.41. The van der Waals surface area contributed by atoms with Gasteiger partial charge in [0.25, 0.3) is 10.0 Å². The second-order valence-corrected chi connectivity index (χ2v) is 8.07. The number of carbonyl (C=O) groups excluding carboxylic acids is 1. The molecule has 2 rings (SSSR count). The van der Waals surface area contributed by atoms with Crippen LogP contribution in [0, 0.1) is 0 Å². The van der Waals surface area contributed by atoms with E-state index >= 15 is 0 Å². The summed E-state index contributed by atoms with van der Waals surface area (Å²) in [6.07, 6.45) is 0. The van der Waals surface area contributed by atoms with Gasteiger partial charge in [-0.15, -0.1) is 11.6 Å². The van der Waals surface area contributed by atoms with Crippen molar-refractivity contribution in [3.05, 3.63) is 51.7 Å². The van der Waals surface area contributed by atoms with Crippen LogP contribution in [0.4, 0.5) is 0 Å². The van der Waals surface area contributed by atoms with Crippen LogP contribution in [0.2, 0.25) is 0 Å². The van der Waals surface area contributed by atoms with E-state index < -0.39 is 20.7 Å². The largest absolute Gasteiger partial charge is 0.291 e. The molecule has 0 bridgehead atoms. The average Bonchev–Trinajstić information content (AvgIpc) is 2.49. The number of Topliss-reactive ketones (excluding diaryl/α,β-unsaturated/α-hetero) is 1. The third-order valence-electron chi connectivity index (χ3n) is 3.25. The normalized spacial score (nSPS) is 23.0. The number of benzene rings is 1. The molecule has 0 heterocycles. The monoisotopic (exact) mass is 379 g/mol. The molecule has 1 aromatic carbocycles. The SMILES string of the molecule is CC1=C(Cl)C(=O)[C@@](C)(Cl)C(Cl)=C1NS(=O)(=O)c1ccccc1. The fourth-order valence-corrected chi connectivity index (χ4v) is 3.91. The van der Waals surface area contributed by atoms with Gasteiger partial charge in [-0.3, -0.25) is 9.52 Å². The third-order valence-corrected chi connectivity index (χ3v) is 6.10. The summed E-state index contributed by atoms with van der Waals surface area (Å²) >= 11 is 18.2. The summed E-state index contributed by atoms with van der Waals surface area (Å²) < 4.78 is 27.1. The van der Waals surface area contributed by atoms with Crippen LogP contribution in [0.25, 0.3) is 0 Å². The molecule has 22 heavy (non-hydrogen) atoms. The van der Waals surface area contributed by atoms with Crippen molar-refractivity contribution < 1.29 is 13.2 Å². The van der Waals surface area contributed by atoms with Crippen LogP contribution in [0.5, 0.6) is 0 Å². The van der Waals surface area contributed by atoms with Gasteiger partial charge in [0.2, 0.25) is 5.78 Å². The quantitative estimate of drug-likeness (QED) is 0.816. The molecule has 0 aromatic heterocycles.